The van der Waals surface area contributed by atoms with Crippen LogP contribution in [0.3, 0.4) is 0 Å². The molecule has 1 aliphatic rings. The second kappa shape index (κ2) is 7.53. The first-order chi connectivity index (χ1) is 11.2. The van der Waals surface area contributed by atoms with Crippen molar-refractivity contribution in [1.82, 2.24) is 10.9 Å². The summed E-state index contributed by atoms with van der Waals surface area (Å²) in [7, 11) is -3.14. The van der Waals surface area contributed by atoms with E-state index in [0.717, 1.165) is 5.56 Å². The standard InChI is InChI=1S/C16H21ClN2O4S/c1-10(2)14(11-3-5-13(17)6-4-11)16(21)19-18-15(20)12-7-8-24(22,23)9-12/h3-6,10,12,14H,7-9H2,1-2H3,(H,18,20)(H,19,21)/t12-,14+/m0/s1. The number of benzene rings is 1. The molecule has 1 aromatic rings. The predicted octanol–water partition coefficient (Wildman–Crippen LogP) is 1.66. The predicted molar refractivity (Wildman–Crippen MR) is 92.1 cm³/mol. The molecule has 1 heterocycles. The van der Waals surface area contributed by atoms with Gasteiger partial charge in [-0.05, 0) is 30.0 Å². The molecule has 1 saturated heterocycles. The molecular weight excluding hydrogens is 352 g/mol. The number of nitrogens with one attached hydrogen (secondary N) is 2. The van der Waals surface area contributed by atoms with E-state index in [1.165, 1.54) is 0 Å². The van der Waals surface area contributed by atoms with Gasteiger partial charge in [0.15, 0.2) is 9.84 Å². The molecule has 2 rings (SSSR count). The van der Waals surface area contributed by atoms with E-state index in [1.54, 1.807) is 24.3 Å². The fraction of sp³-hybridized carbons (Fsp3) is 0.500. The second-order valence-corrected chi connectivity index (χ2v) is 9.02. The summed E-state index contributed by atoms with van der Waals surface area (Å²) in [5.74, 6) is -2.02. The summed E-state index contributed by atoms with van der Waals surface area (Å²) in [5.41, 5.74) is 5.56. The molecule has 1 fully saturated rings. The fourth-order valence-electron chi connectivity index (χ4n) is 2.81. The first kappa shape index (κ1) is 18.7. The zero-order valence-electron chi connectivity index (χ0n) is 13.6. The first-order valence-electron chi connectivity index (χ1n) is 7.75. The maximum absolute atomic E-state index is 12.4. The normalized spacial score (nSPS) is 20.6. The van der Waals surface area contributed by atoms with Crippen LogP contribution in [0.1, 0.15) is 31.7 Å². The molecule has 0 aromatic heterocycles. The van der Waals surface area contributed by atoms with Crippen LogP contribution in [0.4, 0.5) is 0 Å². The zero-order chi connectivity index (χ0) is 17.9. The second-order valence-electron chi connectivity index (χ2n) is 6.35. The van der Waals surface area contributed by atoms with E-state index in [1.807, 2.05) is 13.8 Å². The van der Waals surface area contributed by atoms with Crippen molar-refractivity contribution < 1.29 is 18.0 Å². The molecular formula is C16H21ClN2O4S. The molecule has 6 nitrogen and oxygen atoms in total. The summed E-state index contributed by atoms with van der Waals surface area (Å²) >= 11 is 5.87. The minimum atomic E-state index is -3.14. The van der Waals surface area contributed by atoms with Gasteiger partial charge in [0.2, 0.25) is 11.8 Å². The van der Waals surface area contributed by atoms with Crippen molar-refractivity contribution in [3.05, 3.63) is 34.9 Å². The Morgan fingerprint density at radius 2 is 1.79 bits per heavy atom. The number of carbonyl (C=O) groups excluding carboxylic acids is 2. The summed E-state index contributed by atoms with van der Waals surface area (Å²) in [6.45, 7) is 3.81. The SMILES string of the molecule is CC(C)[C@@H](C(=O)NNC(=O)[C@H]1CCS(=O)(=O)C1)c1ccc(Cl)cc1. The van der Waals surface area contributed by atoms with E-state index in [2.05, 4.69) is 10.9 Å². The number of hydrogen-bond acceptors (Lipinski definition) is 4. The molecule has 0 bridgehead atoms. The van der Waals surface area contributed by atoms with Crippen molar-refractivity contribution >= 4 is 33.3 Å². The van der Waals surface area contributed by atoms with E-state index in [9.17, 15) is 18.0 Å². The summed E-state index contributed by atoms with van der Waals surface area (Å²) in [6.07, 6.45) is 0.287. The van der Waals surface area contributed by atoms with Gasteiger partial charge in [-0.3, -0.25) is 20.4 Å². The van der Waals surface area contributed by atoms with Crippen LogP contribution >= 0.6 is 11.6 Å². The minimum absolute atomic E-state index is 0.00920. The molecule has 1 aliphatic heterocycles. The Hall–Kier alpha value is -1.60. The van der Waals surface area contributed by atoms with Crippen molar-refractivity contribution in [2.24, 2.45) is 11.8 Å². The number of amides is 2. The molecule has 1 aromatic carbocycles. The lowest BCUT2D eigenvalue weighted by Crippen LogP contribution is -2.47. The van der Waals surface area contributed by atoms with Gasteiger partial charge in [0.25, 0.3) is 0 Å². The van der Waals surface area contributed by atoms with Crippen molar-refractivity contribution in [3.8, 4) is 0 Å². The van der Waals surface area contributed by atoms with E-state index < -0.39 is 27.6 Å². The fourth-order valence-corrected chi connectivity index (χ4v) is 4.68. The maximum Gasteiger partial charge on any atom is 0.246 e. The Morgan fingerprint density at radius 3 is 2.29 bits per heavy atom. The van der Waals surface area contributed by atoms with Gasteiger partial charge < -0.3 is 0 Å². The van der Waals surface area contributed by atoms with Crippen LogP contribution in [0.25, 0.3) is 0 Å². The van der Waals surface area contributed by atoms with Crippen LogP contribution in [0.2, 0.25) is 5.02 Å². The lowest BCUT2D eigenvalue weighted by molar-refractivity contribution is -0.131. The number of carbonyl (C=O) groups is 2. The Morgan fingerprint density at radius 1 is 1.17 bits per heavy atom. The summed E-state index contributed by atoms with van der Waals surface area (Å²) in [4.78, 5) is 24.4. The third-order valence-electron chi connectivity index (χ3n) is 4.09. The van der Waals surface area contributed by atoms with Crippen molar-refractivity contribution in [3.63, 3.8) is 0 Å². The molecule has 8 heteroatoms. The summed E-state index contributed by atoms with van der Waals surface area (Å²) in [5, 5.41) is 0.581. The number of hydrazine groups is 1. The molecule has 0 spiro atoms. The summed E-state index contributed by atoms with van der Waals surface area (Å²) < 4.78 is 22.8. The van der Waals surface area contributed by atoms with Crippen LogP contribution in [-0.4, -0.2) is 31.7 Å². The van der Waals surface area contributed by atoms with Crippen LogP contribution < -0.4 is 10.9 Å². The Kier molecular flexibility index (Phi) is 5.87. The van der Waals surface area contributed by atoms with Gasteiger partial charge in [-0.2, -0.15) is 0 Å². The van der Waals surface area contributed by atoms with Gasteiger partial charge in [-0.25, -0.2) is 8.42 Å². The topological polar surface area (TPSA) is 92.3 Å². The van der Waals surface area contributed by atoms with Crippen LogP contribution in [0.5, 0.6) is 0 Å². The molecule has 0 saturated carbocycles. The van der Waals surface area contributed by atoms with Gasteiger partial charge in [0.1, 0.15) is 0 Å². The molecule has 0 radical (unpaired) electrons. The number of hydrogen-bond donors (Lipinski definition) is 2. The van der Waals surface area contributed by atoms with Gasteiger partial charge in [0.05, 0.1) is 23.3 Å². The van der Waals surface area contributed by atoms with Gasteiger partial charge in [-0.15, -0.1) is 0 Å². The highest BCUT2D eigenvalue weighted by molar-refractivity contribution is 7.91. The molecule has 2 amide bonds. The molecule has 2 atom stereocenters. The quantitative estimate of drug-likeness (QED) is 0.786. The number of sulfone groups is 1. The van der Waals surface area contributed by atoms with Crippen molar-refractivity contribution in [2.75, 3.05) is 11.5 Å². The monoisotopic (exact) mass is 372 g/mol. The van der Waals surface area contributed by atoms with E-state index in [4.69, 9.17) is 11.6 Å². The lowest BCUT2D eigenvalue weighted by atomic mass is 9.88. The molecule has 24 heavy (non-hydrogen) atoms. The third-order valence-corrected chi connectivity index (χ3v) is 6.11. The minimum Gasteiger partial charge on any atom is -0.273 e. The van der Waals surface area contributed by atoms with E-state index in [0.29, 0.717) is 5.02 Å². The van der Waals surface area contributed by atoms with Crippen LogP contribution in [0, 0.1) is 11.8 Å². The average Bonchev–Trinajstić information content (AvgIpc) is 2.87. The Balaban J connectivity index is 1.98. The Bertz CT molecular complexity index is 716. The third kappa shape index (κ3) is 4.70. The molecule has 0 aliphatic carbocycles. The molecule has 132 valence electrons. The highest BCUT2D eigenvalue weighted by Gasteiger charge is 2.33. The molecule has 2 N–H and O–H groups in total. The van der Waals surface area contributed by atoms with E-state index >= 15 is 0 Å². The van der Waals surface area contributed by atoms with Gasteiger partial charge in [-0.1, -0.05) is 37.6 Å². The molecule has 0 unspecified atom stereocenters. The smallest absolute Gasteiger partial charge is 0.246 e. The van der Waals surface area contributed by atoms with Gasteiger partial charge in [0, 0.05) is 5.02 Å². The van der Waals surface area contributed by atoms with Crippen molar-refractivity contribution in [2.45, 2.75) is 26.2 Å². The van der Waals surface area contributed by atoms with Gasteiger partial charge >= 0.3 is 0 Å². The maximum atomic E-state index is 12.4. The summed E-state index contributed by atoms with van der Waals surface area (Å²) in [6, 6.07) is 6.97. The largest absolute Gasteiger partial charge is 0.273 e. The lowest BCUT2D eigenvalue weighted by Gasteiger charge is -2.21. The van der Waals surface area contributed by atoms with Crippen LogP contribution in [-0.2, 0) is 19.4 Å². The van der Waals surface area contributed by atoms with E-state index in [-0.39, 0.29) is 29.8 Å². The average molecular weight is 373 g/mol. The highest BCUT2D eigenvalue weighted by atomic mass is 35.5. The zero-order valence-corrected chi connectivity index (χ0v) is 15.2. The first-order valence-corrected chi connectivity index (χ1v) is 9.95. The number of rotatable bonds is 4. The highest BCUT2D eigenvalue weighted by Crippen LogP contribution is 2.26. The number of halogens is 1. The Labute approximate surface area is 146 Å². The van der Waals surface area contributed by atoms with Crippen molar-refractivity contribution in [1.29, 1.82) is 0 Å². The van der Waals surface area contributed by atoms with Crippen LogP contribution in [0.15, 0.2) is 24.3 Å².